The van der Waals surface area contributed by atoms with Crippen LogP contribution in [-0.4, -0.2) is 48.0 Å². The molecule has 0 bridgehead atoms. The van der Waals surface area contributed by atoms with Crippen LogP contribution in [0, 0.1) is 6.92 Å². The van der Waals surface area contributed by atoms with Gasteiger partial charge >= 0.3 is 6.18 Å². The summed E-state index contributed by atoms with van der Waals surface area (Å²) in [5.41, 5.74) is -1.24. The molecule has 6 nitrogen and oxygen atoms in total. The zero-order chi connectivity index (χ0) is 19.3. The molecule has 1 aromatic carbocycles. The minimum absolute atomic E-state index is 0.0122. The molecule has 1 heterocycles. The van der Waals surface area contributed by atoms with Gasteiger partial charge in [-0.2, -0.15) is 13.2 Å². The fourth-order valence-electron chi connectivity index (χ4n) is 2.21. The fourth-order valence-corrected chi connectivity index (χ4v) is 2.21. The number of likely N-dealkylation sites (N-methyl/N-ethyl adjacent to an activating group) is 1. The quantitative estimate of drug-likeness (QED) is 0.821. The second-order valence-electron chi connectivity index (χ2n) is 5.91. The van der Waals surface area contributed by atoms with Gasteiger partial charge in [0.2, 0.25) is 0 Å². The summed E-state index contributed by atoms with van der Waals surface area (Å²) in [6.07, 6.45) is -4.57. The van der Waals surface area contributed by atoms with Crippen molar-refractivity contribution in [3.63, 3.8) is 0 Å². The molecule has 0 spiro atoms. The lowest BCUT2D eigenvalue weighted by atomic mass is 10.1. The predicted molar refractivity (Wildman–Crippen MR) is 93.2 cm³/mol. The largest absolute Gasteiger partial charge is 0.418 e. The summed E-state index contributed by atoms with van der Waals surface area (Å²) in [5, 5.41) is 5.34. The van der Waals surface area contributed by atoms with Crippen LogP contribution in [0.4, 0.5) is 24.7 Å². The highest BCUT2D eigenvalue weighted by molar-refractivity contribution is 6.03. The third kappa shape index (κ3) is 5.41. The lowest BCUT2D eigenvalue weighted by molar-refractivity contribution is -0.136. The number of hydrogen-bond acceptors (Lipinski definition) is 5. The Morgan fingerprint density at radius 2 is 1.88 bits per heavy atom. The number of carbonyl (C=O) groups is 1. The summed E-state index contributed by atoms with van der Waals surface area (Å²) < 4.78 is 39.1. The van der Waals surface area contributed by atoms with Gasteiger partial charge in [-0.1, -0.05) is 12.1 Å². The summed E-state index contributed by atoms with van der Waals surface area (Å²) in [6.45, 7) is 2.96. The van der Waals surface area contributed by atoms with E-state index < -0.39 is 17.6 Å². The number of nitrogens with zero attached hydrogens (tertiary/aromatic N) is 3. The van der Waals surface area contributed by atoms with Gasteiger partial charge in [0.15, 0.2) is 0 Å². The second kappa shape index (κ2) is 8.13. The van der Waals surface area contributed by atoms with Gasteiger partial charge in [-0.05, 0) is 33.2 Å². The first kappa shape index (κ1) is 19.6. The van der Waals surface area contributed by atoms with Crippen molar-refractivity contribution in [2.45, 2.75) is 13.1 Å². The van der Waals surface area contributed by atoms with E-state index in [0.29, 0.717) is 18.2 Å². The SMILES string of the molecule is Cc1nc(NCCN(C)C)cc(C(=O)Nc2ccccc2C(F)(F)F)n1. The monoisotopic (exact) mass is 367 g/mol. The van der Waals surface area contributed by atoms with Gasteiger partial charge in [-0.3, -0.25) is 4.79 Å². The number of halogens is 3. The number of para-hydroxylation sites is 1. The Labute approximate surface area is 149 Å². The lowest BCUT2D eigenvalue weighted by Crippen LogP contribution is -2.22. The molecule has 0 saturated carbocycles. The van der Waals surface area contributed by atoms with Crippen molar-refractivity contribution in [2.24, 2.45) is 0 Å². The number of anilines is 2. The summed E-state index contributed by atoms with van der Waals surface area (Å²) >= 11 is 0. The van der Waals surface area contributed by atoms with Crippen molar-refractivity contribution >= 4 is 17.4 Å². The maximum Gasteiger partial charge on any atom is 0.418 e. The number of rotatable bonds is 6. The fraction of sp³-hybridized carbons (Fsp3) is 0.353. The Bertz CT molecular complexity index is 777. The van der Waals surface area contributed by atoms with Crippen LogP contribution in [0.1, 0.15) is 21.9 Å². The Kier molecular flexibility index (Phi) is 6.14. The van der Waals surface area contributed by atoms with Crippen LogP contribution in [0.2, 0.25) is 0 Å². The van der Waals surface area contributed by atoms with Crippen LogP contribution in [-0.2, 0) is 6.18 Å². The highest BCUT2D eigenvalue weighted by Crippen LogP contribution is 2.34. The zero-order valence-corrected chi connectivity index (χ0v) is 14.7. The molecule has 0 fully saturated rings. The molecular formula is C17H20F3N5O. The third-order valence-corrected chi connectivity index (χ3v) is 3.42. The van der Waals surface area contributed by atoms with Crippen molar-refractivity contribution in [2.75, 3.05) is 37.8 Å². The lowest BCUT2D eigenvalue weighted by Gasteiger charge is -2.14. The minimum atomic E-state index is -4.57. The number of nitrogens with one attached hydrogen (secondary N) is 2. The van der Waals surface area contributed by atoms with Gasteiger partial charge in [0, 0.05) is 19.2 Å². The number of benzene rings is 1. The molecule has 0 radical (unpaired) electrons. The summed E-state index contributed by atoms with van der Waals surface area (Å²) in [5.74, 6) is 0.0468. The number of aromatic nitrogens is 2. The third-order valence-electron chi connectivity index (χ3n) is 3.42. The molecule has 0 saturated heterocycles. The van der Waals surface area contributed by atoms with E-state index >= 15 is 0 Å². The van der Waals surface area contributed by atoms with Crippen LogP contribution >= 0.6 is 0 Å². The molecule has 0 aliphatic carbocycles. The molecule has 2 rings (SSSR count). The normalized spacial score (nSPS) is 11.5. The molecule has 1 aromatic heterocycles. The van der Waals surface area contributed by atoms with Gasteiger partial charge in [0.05, 0.1) is 11.3 Å². The Balaban J connectivity index is 2.19. The van der Waals surface area contributed by atoms with Crippen molar-refractivity contribution in [3.8, 4) is 0 Å². The predicted octanol–water partition coefficient (Wildman–Crippen LogP) is 3.03. The average Bonchev–Trinajstić information content (AvgIpc) is 2.53. The molecule has 26 heavy (non-hydrogen) atoms. The molecule has 0 unspecified atom stereocenters. The van der Waals surface area contributed by atoms with E-state index in [4.69, 9.17) is 0 Å². The number of hydrogen-bond donors (Lipinski definition) is 2. The Morgan fingerprint density at radius 3 is 2.54 bits per heavy atom. The van der Waals surface area contributed by atoms with E-state index in [2.05, 4.69) is 20.6 Å². The van der Waals surface area contributed by atoms with Crippen molar-refractivity contribution in [3.05, 3.63) is 47.4 Å². The molecule has 2 N–H and O–H groups in total. The molecule has 1 amide bonds. The van der Waals surface area contributed by atoms with Gasteiger partial charge in [0.1, 0.15) is 17.3 Å². The summed E-state index contributed by atoms with van der Waals surface area (Å²) in [7, 11) is 3.84. The standard InChI is InChI=1S/C17H20F3N5O/c1-11-22-14(10-15(23-11)21-8-9-25(2)3)16(26)24-13-7-5-4-6-12(13)17(18,19)20/h4-7,10H,8-9H2,1-3H3,(H,24,26)(H,21,22,23). The number of carbonyl (C=O) groups excluding carboxylic acids is 1. The molecule has 0 aliphatic rings. The van der Waals surface area contributed by atoms with Gasteiger partial charge in [-0.25, -0.2) is 9.97 Å². The van der Waals surface area contributed by atoms with Gasteiger partial charge in [-0.15, -0.1) is 0 Å². The first-order valence-corrected chi connectivity index (χ1v) is 7.88. The van der Waals surface area contributed by atoms with Crippen LogP contribution in [0.3, 0.4) is 0 Å². The van der Waals surface area contributed by atoms with Crippen molar-refractivity contribution in [1.82, 2.24) is 14.9 Å². The smallest absolute Gasteiger partial charge is 0.369 e. The van der Waals surface area contributed by atoms with Crippen LogP contribution in [0.25, 0.3) is 0 Å². The summed E-state index contributed by atoms with van der Waals surface area (Å²) in [4.78, 5) is 22.5. The van der Waals surface area contributed by atoms with E-state index in [1.165, 1.54) is 24.3 Å². The first-order chi connectivity index (χ1) is 12.2. The van der Waals surface area contributed by atoms with E-state index in [1.807, 2.05) is 19.0 Å². The molecule has 2 aromatic rings. The number of alkyl halides is 3. The second-order valence-corrected chi connectivity index (χ2v) is 5.91. The maximum absolute atomic E-state index is 13.0. The van der Waals surface area contributed by atoms with Crippen molar-refractivity contribution < 1.29 is 18.0 Å². The van der Waals surface area contributed by atoms with Crippen LogP contribution < -0.4 is 10.6 Å². The summed E-state index contributed by atoms with van der Waals surface area (Å²) in [6, 6.07) is 6.21. The molecule has 0 atom stereocenters. The van der Waals surface area contributed by atoms with E-state index in [1.54, 1.807) is 6.92 Å². The van der Waals surface area contributed by atoms with Gasteiger partial charge < -0.3 is 15.5 Å². The first-order valence-electron chi connectivity index (χ1n) is 7.88. The van der Waals surface area contributed by atoms with Gasteiger partial charge in [0.25, 0.3) is 5.91 Å². The highest BCUT2D eigenvalue weighted by Gasteiger charge is 2.33. The maximum atomic E-state index is 13.0. The zero-order valence-electron chi connectivity index (χ0n) is 14.7. The molecule has 9 heteroatoms. The highest BCUT2D eigenvalue weighted by atomic mass is 19.4. The van der Waals surface area contributed by atoms with Crippen molar-refractivity contribution in [1.29, 1.82) is 0 Å². The van der Waals surface area contributed by atoms with Crippen LogP contribution in [0.15, 0.2) is 30.3 Å². The minimum Gasteiger partial charge on any atom is -0.369 e. The number of amides is 1. The Hall–Kier alpha value is -2.68. The van der Waals surface area contributed by atoms with E-state index in [-0.39, 0.29) is 11.4 Å². The molecular weight excluding hydrogens is 347 g/mol. The number of aryl methyl sites for hydroxylation is 1. The topological polar surface area (TPSA) is 70.2 Å². The van der Waals surface area contributed by atoms with E-state index in [9.17, 15) is 18.0 Å². The molecule has 140 valence electrons. The Morgan fingerprint density at radius 1 is 1.19 bits per heavy atom. The average molecular weight is 367 g/mol. The van der Waals surface area contributed by atoms with Crippen LogP contribution in [0.5, 0.6) is 0 Å². The molecule has 0 aliphatic heterocycles. The van der Waals surface area contributed by atoms with E-state index in [0.717, 1.165) is 12.6 Å².